The van der Waals surface area contributed by atoms with Crippen LogP contribution in [0.1, 0.15) is 31.4 Å². The van der Waals surface area contributed by atoms with E-state index in [0.717, 1.165) is 18.6 Å². The summed E-state index contributed by atoms with van der Waals surface area (Å²) in [5, 5.41) is 10.0. The van der Waals surface area contributed by atoms with E-state index in [4.69, 9.17) is 10.2 Å². The molecule has 1 aromatic rings. The summed E-state index contributed by atoms with van der Waals surface area (Å²) in [5.74, 6) is 1.26. The first-order valence-corrected chi connectivity index (χ1v) is 5.73. The lowest BCUT2D eigenvalue weighted by atomic mass is 9.93. The zero-order valence-corrected chi connectivity index (χ0v) is 8.93. The van der Waals surface area contributed by atoms with Crippen molar-refractivity contribution in [2.24, 2.45) is 11.7 Å². The van der Waals surface area contributed by atoms with Crippen molar-refractivity contribution in [2.45, 2.75) is 44.2 Å². The number of hydrogen-bond donors (Lipinski definition) is 2. The monoisotopic (exact) mass is 209 g/mol. The summed E-state index contributed by atoms with van der Waals surface area (Å²) in [6, 6.07) is 3.56. The van der Waals surface area contributed by atoms with Crippen LogP contribution in [0.25, 0.3) is 0 Å². The van der Waals surface area contributed by atoms with Gasteiger partial charge in [-0.05, 0) is 30.9 Å². The van der Waals surface area contributed by atoms with E-state index >= 15 is 0 Å². The zero-order chi connectivity index (χ0) is 10.7. The molecule has 0 spiro atoms. The summed E-state index contributed by atoms with van der Waals surface area (Å²) >= 11 is 0. The molecule has 15 heavy (non-hydrogen) atoms. The molecule has 0 aromatic carbocycles. The average molecular weight is 209 g/mol. The van der Waals surface area contributed by atoms with E-state index in [1.54, 1.807) is 6.26 Å². The van der Waals surface area contributed by atoms with Gasteiger partial charge in [-0.3, -0.25) is 0 Å². The van der Waals surface area contributed by atoms with Gasteiger partial charge in [0.1, 0.15) is 5.76 Å². The van der Waals surface area contributed by atoms with Crippen LogP contribution in [0.4, 0.5) is 0 Å². The second-order valence-electron chi connectivity index (χ2n) is 4.48. The van der Waals surface area contributed by atoms with E-state index in [9.17, 15) is 5.11 Å². The van der Waals surface area contributed by atoms with Crippen LogP contribution in [0.15, 0.2) is 22.8 Å². The van der Waals surface area contributed by atoms with Crippen LogP contribution < -0.4 is 5.73 Å². The van der Waals surface area contributed by atoms with Gasteiger partial charge in [0.15, 0.2) is 0 Å². The van der Waals surface area contributed by atoms with Crippen LogP contribution in [0.5, 0.6) is 0 Å². The van der Waals surface area contributed by atoms with Crippen molar-refractivity contribution in [1.29, 1.82) is 0 Å². The number of aliphatic hydroxyl groups is 1. The van der Waals surface area contributed by atoms with Gasteiger partial charge >= 0.3 is 0 Å². The topological polar surface area (TPSA) is 59.4 Å². The molecule has 3 nitrogen and oxygen atoms in total. The van der Waals surface area contributed by atoms with Crippen molar-refractivity contribution in [1.82, 2.24) is 0 Å². The Kier molecular flexibility index (Phi) is 3.44. The molecule has 2 rings (SSSR count). The molecule has 1 heterocycles. The summed E-state index contributed by atoms with van der Waals surface area (Å²) < 4.78 is 5.23. The molecule has 1 saturated carbocycles. The third-order valence-electron chi connectivity index (χ3n) is 3.34. The number of rotatable bonds is 4. The third kappa shape index (κ3) is 2.61. The van der Waals surface area contributed by atoms with Gasteiger partial charge in [-0.15, -0.1) is 0 Å². The summed E-state index contributed by atoms with van der Waals surface area (Å²) in [5.41, 5.74) is 5.98. The highest BCUT2D eigenvalue weighted by Gasteiger charge is 2.28. The van der Waals surface area contributed by atoms with Gasteiger partial charge in [-0.1, -0.05) is 12.8 Å². The number of furan rings is 1. The van der Waals surface area contributed by atoms with Crippen molar-refractivity contribution in [3.05, 3.63) is 24.2 Å². The predicted molar refractivity (Wildman–Crippen MR) is 58.4 cm³/mol. The molecule has 0 radical (unpaired) electrons. The molecular weight excluding hydrogens is 190 g/mol. The first kappa shape index (κ1) is 10.7. The smallest absolute Gasteiger partial charge is 0.105 e. The van der Waals surface area contributed by atoms with E-state index < -0.39 is 0 Å². The average Bonchev–Trinajstić information content (AvgIpc) is 2.88. The molecule has 1 aromatic heterocycles. The second-order valence-corrected chi connectivity index (χ2v) is 4.48. The Morgan fingerprint density at radius 1 is 1.47 bits per heavy atom. The standard InChI is InChI=1S/C12H19NO2/c13-11(8-10-6-3-7-15-10)12(14)9-4-1-2-5-9/h3,6-7,9,11-12,14H,1-2,4-5,8,13H2. The van der Waals surface area contributed by atoms with Crippen molar-refractivity contribution in [3.8, 4) is 0 Å². The van der Waals surface area contributed by atoms with Gasteiger partial charge in [0.2, 0.25) is 0 Å². The zero-order valence-electron chi connectivity index (χ0n) is 8.93. The normalized spacial score (nSPS) is 21.7. The summed E-state index contributed by atoms with van der Waals surface area (Å²) in [7, 11) is 0. The van der Waals surface area contributed by atoms with Crippen molar-refractivity contribution in [2.75, 3.05) is 0 Å². The quantitative estimate of drug-likeness (QED) is 0.793. The SMILES string of the molecule is NC(Cc1ccco1)C(O)C1CCCC1. The molecule has 1 aliphatic rings. The van der Waals surface area contributed by atoms with Gasteiger partial charge < -0.3 is 15.3 Å². The Morgan fingerprint density at radius 2 is 2.20 bits per heavy atom. The lowest BCUT2D eigenvalue weighted by molar-refractivity contribution is 0.0827. The maximum absolute atomic E-state index is 10.0. The lowest BCUT2D eigenvalue weighted by Gasteiger charge is -2.23. The van der Waals surface area contributed by atoms with Crippen LogP contribution in [0.2, 0.25) is 0 Å². The minimum Gasteiger partial charge on any atom is -0.469 e. The van der Waals surface area contributed by atoms with Crippen LogP contribution >= 0.6 is 0 Å². The van der Waals surface area contributed by atoms with E-state index in [1.807, 2.05) is 12.1 Å². The minimum atomic E-state index is -0.377. The highest BCUT2D eigenvalue weighted by molar-refractivity contribution is 5.01. The van der Waals surface area contributed by atoms with Gasteiger partial charge in [0.05, 0.1) is 12.4 Å². The minimum absolute atomic E-state index is 0.195. The molecular formula is C12H19NO2. The van der Waals surface area contributed by atoms with Crippen molar-refractivity contribution < 1.29 is 9.52 Å². The summed E-state index contributed by atoms with van der Waals surface area (Å²) in [6.07, 6.45) is 6.59. The van der Waals surface area contributed by atoms with Gasteiger partial charge in [-0.2, -0.15) is 0 Å². The third-order valence-corrected chi connectivity index (χ3v) is 3.34. The van der Waals surface area contributed by atoms with E-state index in [-0.39, 0.29) is 12.1 Å². The molecule has 0 bridgehead atoms. The van der Waals surface area contributed by atoms with E-state index in [1.165, 1.54) is 12.8 Å². The first-order valence-electron chi connectivity index (χ1n) is 5.73. The Balaban J connectivity index is 1.86. The van der Waals surface area contributed by atoms with Crippen molar-refractivity contribution >= 4 is 0 Å². The first-order chi connectivity index (χ1) is 7.27. The predicted octanol–water partition coefficient (Wildman–Crippen LogP) is 1.70. The fraction of sp³-hybridized carbons (Fsp3) is 0.667. The Labute approximate surface area is 90.3 Å². The maximum atomic E-state index is 10.0. The fourth-order valence-corrected chi connectivity index (χ4v) is 2.43. The fourth-order valence-electron chi connectivity index (χ4n) is 2.43. The molecule has 3 heteroatoms. The van der Waals surface area contributed by atoms with Crippen LogP contribution in [-0.4, -0.2) is 17.3 Å². The van der Waals surface area contributed by atoms with Crippen LogP contribution in [0, 0.1) is 5.92 Å². The van der Waals surface area contributed by atoms with Crippen molar-refractivity contribution in [3.63, 3.8) is 0 Å². The maximum Gasteiger partial charge on any atom is 0.105 e. The molecule has 3 N–H and O–H groups in total. The molecule has 2 atom stereocenters. The largest absolute Gasteiger partial charge is 0.469 e. The van der Waals surface area contributed by atoms with E-state index in [0.29, 0.717) is 12.3 Å². The van der Waals surface area contributed by atoms with Gasteiger partial charge in [0.25, 0.3) is 0 Å². The molecule has 0 saturated heterocycles. The highest BCUT2D eigenvalue weighted by atomic mass is 16.3. The Bertz CT molecular complexity index is 278. The van der Waals surface area contributed by atoms with Gasteiger partial charge in [-0.25, -0.2) is 0 Å². The van der Waals surface area contributed by atoms with Crippen LogP contribution in [0.3, 0.4) is 0 Å². The molecule has 84 valence electrons. The van der Waals surface area contributed by atoms with E-state index in [2.05, 4.69) is 0 Å². The lowest BCUT2D eigenvalue weighted by Crippen LogP contribution is -2.40. The molecule has 1 aliphatic carbocycles. The molecule has 2 unspecified atom stereocenters. The number of nitrogens with two attached hydrogens (primary N) is 1. The number of hydrogen-bond acceptors (Lipinski definition) is 3. The Morgan fingerprint density at radius 3 is 2.80 bits per heavy atom. The van der Waals surface area contributed by atoms with Gasteiger partial charge in [0, 0.05) is 12.5 Å². The molecule has 0 aliphatic heterocycles. The number of aliphatic hydroxyl groups excluding tert-OH is 1. The Hall–Kier alpha value is -0.800. The summed E-state index contributed by atoms with van der Waals surface area (Å²) in [4.78, 5) is 0. The second kappa shape index (κ2) is 4.81. The summed E-state index contributed by atoms with van der Waals surface area (Å²) in [6.45, 7) is 0. The molecule has 0 amide bonds. The molecule has 1 fully saturated rings. The van der Waals surface area contributed by atoms with Crippen LogP contribution in [-0.2, 0) is 6.42 Å². The highest BCUT2D eigenvalue weighted by Crippen LogP contribution is 2.29.